The number of amides is 1. The van der Waals surface area contributed by atoms with Crippen LogP contribution in [0.1, 0.15) is 53.8 Å². The van der Waals surface area contributed by atoms with Crippen LogP contribution in [0.15, 0.2) is 28.9 Å². The highest BCUT2D eigenvalue weighted by Gasteiger charge is 2.24. The van der Waals surface area contributed by atoms with Crippen molar-refractivity contribution in [1.29, 1.82) is 0 Å². The van der Waals surface area contributed by atoms with Gasteiger partial charge in [0.2, 0.25) is 5.89 Å². The summed E-state index contributed by atoms with van der Waals surface area (Å²) in [6.45, 7) is 14.7. The van der Waals surface area contributed by atoms with Crippen LogP contribution in [-0.4, -0.2) is 53.0 Å². The van der Waals surface area contributed by atoms with E-state index < -0.39 is 0 Å². The Morgan fingerprint density at radius 2 is 1.90 bits per heavy atom. The molecule has 2 heterocycles. The second kappa shape index (κ2) is 9.55. The van der Waals surface area contributed by atoms with E-state index in [9.17, 15) is 4.79 Å². The maximum Gasteiger partial charge on any atom is 0.275 e. The number of carbonyl (C=O) groups excluding carboxylic acids is 1. The minimum atomic E-state index is -0.0823. The number of rotatable bonds is 7. The SMILES string of the molecule is Cc1ccc(CN(Cc2nc(C(=O)N3CCOCC3)co2)C(C)C(C)C)c(C)c1. The second-order valence-electron chi connectivity index (χ2n) is 8.35. The fraction of sp³-hybridized carbons (Fsp3) is 0.565. The van der Waals surface area contributed by atoms with Crippen LogP contribution in [-0.2, 0) is 17.8 Å². The number of ether oxygens (including phenoxy) is 1. The van der Waals surface area contributed by atoms with Crippen LogP contribution in [0.2, 0.25) is 0 Å². The number of hydrogen-bond donors (Lipinski definition) is 0. The number of nitrogens with zero attached hydrogens (tertiary/aromatic N) is 3. The van der Waals surface area contributed by atoms with Gasteiger partial charge in [0.15, 0.2) is 5.69 Å². The molecular weight excluding hydrogens is 366 g/mol. The quantitative estimate of drug-likeness (QED) is 0.709. The molecule has 1 aliphatic rings. The molecule has 3 rings (SSSR count). The monoisotopic (exact) mass is 399 g/mol. The van der Waals surface area contributed by atoms with Crippen molar-refractivity contribution in [2.24, 2.45) is 5.92 Å². The van der Waals surface area contributed by atoms with Gasteiger partial charge in [-0.15, -0.1) is 0 Å². The molecule has 1 aromatic heterocycles. The van der Waals surface area contributed by atoms with Crippen molar-refractivity contribution in [2.45, 2.75) is 53.8 Å². The Labute approximate surface area is 173 Å². The molecule has 2 aromatic rings. The van der Waals surface area contributed by atoms with E-state index in [1.165, 1.54) is 23.0 Å². The third-order valence-corrected chi connectivity index (χ3v) is 5.82. The summed E-state index contributed by atoms with van der Waals surface area (Å²) in [7, 11) is 0. The van der Waals surface area contributed by atoms with Crippen LogP contribution in [0, 0.1) is 19.8 Å². The van der Waals surface area contributed by atoms with Crippen molar-refractivity contribution < 1.29 is 13.9 Å². The minimum absolute atomic E-state index is 0.0823. The fourth-order valence-electron chi connectivity index (χ4n) is 3.59. The highest BCUT2D eigenvalue weighted by atomic mass is 16.5. The zero-order chi connectivity index (χ0) is 21.0. The zero-order valence-electron chi connectivity index (χ0n) is 18.3. The van der Waals surface area contributed by atoms with Gasteiger partial charge < -0.3 is 14.1 Å². The number of aryl methyl sites for hydroxylation is 2. The van der Waals surface area contributed by atoms with Crippen LogP contribution in [0.3, 0.4) is 0 Å². The molecule has 158 valence electrons. The molecule has 0 radical (unpaired) electrons. The topological polar surface area (TPSA) is 58.8 Å². The molecule has 0 saturated carbocycles. The van der Waals surface area contributed by atoms with Gasteiger partial charge in [-0.05, 0) is 37.8 Å². The first-order valence-corrected chi connectivity index (χ1v) is 10.5. The van der Waals surface area contributed by atoms with Crippen molar-refractivity contribution >= 4 is 5.91 Å². The summed E-state index contributed by atoms with van der Waals surface area (Å²) in [6.07, 6.45) is 1.49. The molecule has 6 nitrogen and oxygen atoms in total. The van der Waals surface area contributed by atoms with Crippen molar-refractivity contribution in [3.63, 3.8) is 0 Å². The van der Waals surface area contributed by atoms with Gasteiger partial charge in [-0.1, -0.05) is 37.6 Å². The van der Waals surface area contributed by atoms with Gasteiger partial charge in [-0.25, -0.2) is 4.98 Å². The van der Waals surface area contributed by atoms with Gasteiger partial charge >= 0.3 is 0 Å². The summed E-state index contributed by atoms with van der Waals surface area (Å²) in [4.78, 5) is 21.3. The van der Waals surface area contributed by atoms with Crippen LogP contribution in [0.4, 0.5) is 0 Å². The highest BCUT2D eigenvalue weighted by molar-refractivity contribution is 5.92. The Morgan fingerprint density at radius 1 is 1.17 bits per heavy atom. The molecule has 1 aliphatic heterocycles. The Morgan fingerprint density at radius 3 is 2.55 bits per heavy atom. The lowest BCUT2D eigenvalue weighted by molar-refractivity contribution is 0.0299. The number of morpholine rings is 1. The summed E-state index contributed by atoms with van der Waals surface area (Å²) in [5.74, 6) is 0.991. The second-order valence-corrected chi connectivity index (χ2v) is 8.35. The molecule has 1 saturated heterocycles. The molecule has 0 aliphatic carbocycles. The molecule has 1 aromatic carbocycles. The number of hydrogen-bond acceptors (Lipinski definition) is 5. The molecule has 1 unspecified atom stereocenters. The maximum atomic E-state index is 12.6. The maximum absolute atomic E-state index is 12.6. The van der Waals surface area contributed by atoms with E-state index in [0.717, 1.165) is 6.54 Å². The standard InChI is InChI=1S/C23H33N3O3/c1-16(2)19(5)26(13-20-7-6-17(3)12-18(20)4)14-22-24-21(15-29-22)23(27)25-8-10-28-11-9-25/h6-7,12,15-16,19H,8-11,13-14H2,1-5H3. The van der Waals surface area contributed by atoms with Crippen LogP contribution >= 0.6 is 0 Å². The summed E-state index contributed by atoms with van der Waals surface area (Å²) in [6, 6.07) is 6.93. The lowest BCUT2D eigenvalue weighted by Gasteiger charge is -2.31. The number of benzene rings is 1. The van der Waals surface area contributed by atoms with Crippen molar-refractivity contribution in [2.75, 3.05) is 26.3 Å². The van der Waals surface area contributed by atoms with Gasteiger partial charge in [-0.3, -0.25) is 9.69 Å². The average molecular weight is 400 g/mol. The van der Waals surface area contributed by atoms with E-state index in [4.69, 9.17) is 9.15 Å². The first-order chi connectivity index (χ1) is 13.8. The number of oxazole rings is 1. The molecule has 0 bridgehead atoms. The third-order valence-electron chi connectivity index (χ3n) is 5.82. The Bertz CT molecular complexity index is 825. The lowest BCUT2D eigenvalue weighted by Crippen LogP contribution is -2.40. The molecule has 0 spiro atoms. The molecular formula is C23H33N3O3. The van der Waals surface area contributed by atoms with Gasteiger partial charge in [0, 0.05) is 25.7 Å². The predicted octanol–water partition coefficient (Wildman–Crippen LogP) is 3.81. The van der Waals surface area contributed by atoms with Gasteiger partial charge in [0.05, 0.1) is 19.8 Å². The Kier molecular flexibility index (Phi) is 7.09. The minimum Gasteiger partial charge on any atom is -0.447 e. The van der Waals surface area contributed by atoms with Crippen molar-refractivity contribution in [3.05, 3.63) is 52.7 Å². The van der Waals surface area contributed by atoms with Crippen LogP contribution < -0.4 is 0 Å². The predicted molar refractivity (Wildman–Crippen MR) is 113 cm³/mol. The van der Waals surface area contributed by atoms with E-state index in [1.807, 2.05) is 0 Å². The summed E-state index contributed by atoms with van der Waals surface area (Å²) in [5, 5.41) is 0. The van der Waals surface area contributed by atoms with Gasteiger partial charge in [0.1, 0.15) is 6.26 Å². The van der Waals surface area contributed by atoms with Crippen LogP contribution in [0.5, 0.6) is 0 Å². The Hall–Kier alpha value is -2.18. The summed E-state index contributed by atoms with van der Waals surface area (Å²) >= 11 is 0. The lowest BCUT2D eigenvalue weighted by atomic mass is 10.0. The van der Waals surface area contributed by atoms with E-state index >= 15 is 0 Å². The molecule has 1 amide bonds. The largest absolute Gasteiger partial charge is 0.447 e. The van der Waals surface area contributed by atoms with E-state index in [2.05, 4.69) is 62.7 Å². The molecule has 29 heavy (non-hydrogen) atoms. The molecule has 1 atom stereocenters. The number of aromatic nitrogens is 1. The van der Waals surface area contributed by atoms with Gasteiger partial charge in [0.25, 0.3) is 5.91 Å². The zero-order valence-corrected chi connectivity index (χ0v) is 18.3. The molecule has 1 fully saturated rings. The first-order valence-electron chi connectivity index (χ1n) is 10.5. The summed E-state index contributed by atoms with van der Waals surface area (Å²) < 4.78 is 11.0. The van der Waals surface area contributed by atoms with Gasteiger partial charge in [-0.2, -0.15) is 0 Å². The van der Waals surface area contributed by atoms with Crippen LogP contribution in [0.25, 0.3) is 0 Å². The highest BCUT2D eigenvalue weighted by Crippen LogP contribution is 2.21. The number of carbonyl (C=O) groups is 1. The van der Waals surface area contributed by atoms with E-state index in [1.54, 1.807) is 4.90 Å². The van der Waals surface area contributed by atoms with Crippen molar-refractivity contribution in [1.82, 2.24) is 14.8 Å². The van der Waals surface area contributed by atoms with E-state index in [0.29, 0.717) is 56.4 Å². The molecule has 6 heteroatoms. The first kappa shape index (κ1) is 21.5. The summed E-state index contributed by atoms with van der Waals surface area (Å²) in [5.41, 5.74) is 4.25. The van der Waals surface area contributed by atoms with Crippen molar-refractivity contribution in [3.8, 4) is 0 Å². The third kappa shape index (κ3) is 5.46. The fourth-order valence-corrected chi connectivity index (χ4v) is 3.59. The Balaban J connectivity index is 1.74. The average Bonchev–Trinajstić information content (AvgIpc) is 3.17. The van der Waals surface area contributed by atoms with E-state index in [-0.39, 0.29) is 5.91 Å². The molecule has 0 N–H and O–H groups in total. The smallest absolute Gasteiger partial charge is 0.275 e. The normalized spacial score (nSPS) is 15.9.